The molecule has 1 aliphatic rings. The van der Waals surface area contributed by atoms with E-state index in [1.807, 2.05) is 12.1 Å². The third kappa shape index (κ3) is 4.86. The average molecular weight is 390 g/mol. The summed E-state index contributed by atoms with van der Waals surface area (Å²) in [5.74, 6) is 2.87. The first-order valence-electron chi connectivity index (χ1n) is 10.1. The van der Waals surface area contributed by atoms with Gasteiger partial charge in [0.1, 0.15) is 11.6 Å². The van der Waals surface area contributed by atoms with Crippen LogP contribution in [-0.2, 0) is 12.8 Å². The second-order valence-electron chi connectivity index (χ2n) is 7.32. The molecule has 0 radical (unpaired) electrons. The molecule has 0 amide bonds. The molecule has 3 aromatic rings. The summed E-state index contributed by atoms with van der Waals surface area (Å²) in [4.78, 5) is 23.1. The average Bonchev–Trinajstić information content (AvgIpc) is 2.76. The third-order valence-electron chi connectivity index (χ3n) is 5.13. The lowest BCUT2D eigenvalue weighted by Gasteiger charge is -2.32. The number of hydrogen-bond donors (Lipinski definition) is 1. The number of hydrogen-bond acceptors (Lipinski definition) is 7. The summed E-state index contributed by atoms with van der Waals surface area (Å²) in [6, 6.07) is 14.4. The molecule has 150 valence electrons. The predicted molar refractivity (Wildman–Crippen MR) is 116 cm³/mol. The van der Waals surface area contributed by atoms with E-state index in [1.54, 1.807) is 6.20 Å². The first-order chi connectivity index (χ1) is 14.2. The van der Waals surface area contributed by atoms with Crippen molar-refractivity contribution in [1.29, 1.82) is 0 Å². The number of rotatable bonds is 6. The summed E-state index contributed by atoms with van der Waals surface area (Å²) in [7, 11) is 2.14. The van der Waals surface area contributed by atoms with Crippen LogP contribution in [0.4, 0.5) is 17.7 Å². The first kappa shape index (κ1) is 19.3. The maximum atomic E-state index is 4.71. The summed E-state index contributed by atoms with van der Waals surface area (Å²) in [6.45, 7) is 5.93. The van der Waals surface area contributed by atoms with Crippen LogP contribution < -0.4 is 10.2 Å². The SMILES string of the molecule is CCc1nc(Nc2ncccc2Cc2ccccc2)nc(N2CCN(C)CC2)n1. The summed E-state index contributed by atoms with van der Waals surface area (Å²) >= 11 is 0. The van der Waals surface area contributed by atoms with Gasteiger partial charge in [0.2, 0.25) is 11.9 Å². The molecule has 1 aromatic carbocycles. The highest BCUT2D eigenvalue weighted by molar-refractivity contribution is 5.55. The van der Waals surface area contributed by atoms with Gasteiger partial charge in [-0.3, -0.25) is 0 Å². The van der Waals surface area contributed by atoms with Gasteiger partial charge >= 0.3 is 0 Å². The molecule has 0 saturated carbocycles. The molecule has 0 atom stereocenters. The maximum absolute atomic E-state index is 4.71. The summed E-state index contributed by atoms with van der Waals surface area (Å²) in [5, 5.41) is 3.35. The molecule has 4 rings (SSSR count). The lowest BCUT2D eigenvalue weighted by atomic mass is 10.1. The molecule has 7 nitrogen and oxygen atoms in total. The first-order valence-corrected chi connectivity index (χ1v) is 10.1. The Labute approximate surface area is 171 Å². The highest BCUT2D eigenvalue weighted by Gasteiger charge is 2.18. The van der Waals surface area contributed by atoms with E-state index in [0.717, 1.165) is 62.2 Å². The molecule has 1 fully saturated rings. The van der Waals surface area contributed by atoms with Crippen LogP contribution >= 0.6 is 0 Å². The predicted octanol–water partition coefficient (Wildman–Crippen LogP) is 2.92. The van der Waals surface area contributed by atoms with Crippen molar-refractivity contribution >= 4 is 17.7 Å². The normalized spacial score (nSPS) is 14.8. The van der Waals surface area contributed by atoms with Crippen LogP contribution in [0.3, 0.4) is 0 Å². The summed E-state index contributed by atoms with van der Waals surface area (Å²) < 4.78 is 0. The standard InChI is InChI=1S/C22H27N7/c1-3-19-24-21(27-22(25-19)29-14-12-28(2)13-15-29)26-20-18(10-7-11-23-20)16-17-8-5-4-6-9-17/h4-11H,3,12-16H2,1-2H3,(H,23,24,25,26,27). The van der Waals surface area contributed by atoms with Gasteiger partial charge in [-0.25, -0.2) is 4.98 Å². The van der Waals surface area contributed by atoms with Crippen LogP contribution in [0.1, 0.15) is 23.9 Å². The number of piperazine rings is 1. The van der Waals surface area contributed by atoms with Crippen molar-refractivity contribution in [3.63, 3.8) is 0 Å². The van der Waals surface area contributed by atoms with E-state index >= 15 is 0 Å². The van der Waals surface area contributed by atoms with E-state index in [9.17, 15) is 0 Å². The van der Waals surface area contributed by atoms with Crippen molar-refractivity contribution in [2.75, 3.05) is 43.4 Å². The number of benzene rings is 1. The second kappa shape index (κ2) is 8.96. The fourth-order valence-electron chi connectivity index (χ4n) is 3.38. The van der Waals surface area contributed by atoms with E-state index in [0.29, 0.717) is 5.95 Å². The van der Waals surface area contributed by atoms with Gasteiger partial charge in [-0.2, -0.15) is 15.0 Å². The molecule has 0 unspecified atom stereocenters. The number of nitrogens with one attached hydrogen (secondary N) is 1. The number of aromatic nitrogens is 4. The highest BCUT2D eigenvalue weighted by atomic mass is 15.3. The van der Waals surface area contributed by atoms with Crippen LogP contribution in [0.15, 0.2) is 48.7 Å². The van der Waals surface area contributed by atoms with Gasteiger partial charge in [-0.05, 0) is 24.2 Å². The zero-order valence-corrected chi connectivity index (χ0v) is 17.0. The van der Waals surface area contributed by atoms with Crippen molar-refractivity contribution < 1.29 is 0 Å². The molecule has 1 saturated heterocycles. The van der Waals surface area contributed by atoms with Crippen molar-refractivity contribution in [3.8, 4) is 0 Å². The highest BCUT2D eigenvalue weighted by Crippen LogP contribution is 2.21. The van der Waals surface area contributed by atoms with E-state index < -0.39 is 0 Å². The van der Waals surface area contributed by atoms with Gasteiger partial charge < -0.3 is 15.1 Å². The Morgan fingerprint density at radius 3 is 2.48 bits per heavy atom. The molecule has 1 aliphatic heterocycles. The fraction of sp³-hybridized carbons (Fsp3) is 0.364. The van der Waals surface area contributed by atoms with Crippen molar-refractivity contribution in [3.05, 3.63) is 65.6 Å². The topological polar surface area (TPSA) is 70.1 Å². The number of anilines is 3. The van der Waals surface area contributed by atoms with Crippen molar-refractivity contribution in [2.24, 2.45) is 0 Å². The van der Waals surface area contributed by atoms with Crippen molar-refractivity contribution in [2.45, 2.75) is 19.8 Å². The third-order valence-corrected chi connectivity index (χ3v) is 5.13. The smallest absolute Gasteiger partial charge is 0.233 e. The largest absolute Gasteiger partial charge is 0.338 e. The number of likely N-dealkylation sites (N-methyl/N-ethyl adjacent to an activating group) is 1. The van der Waals surface area contributed by atoms with Gasteiger partial charge in [0.25, 0.3) is 0 Å². The summed E-state index contributed by atoms with van der Waals surface area (Å²) in [6.07, 6.45) is 3.35. The Kier molecular flexibility index (Phi) is 5.95. The van der Waals surface area contributed by atoms with E-state index in [4.69, 9.17) is 4.98 Å². The molecule has 3 heterocycles. The molecule has 0 bridgehead atoms. The molecule has 1 N–H and O–H groups in total. The Morgan fingerprint density at radius 1 is 0.931 bits per heavy atom. The van der Waals surface area contributed by atoms with Gasteiger partial charge in [0, 0.05) is 45.2 Å². The maximum Gasteiger partial charge on any atom is 0.233 e. The Hall–Kier alpha value is -3.06. The van der Waals surface area contributed by atoms with Crippen LogP contribution in [0, 0.1) is 0 Å². The fourth-order valence-corrected chi connectivity index (χ4v) is 3.38. The molecular formula is C22H27N7. The minimum absolute atomic E-state index is 0.554. The molecule has 7 heteroatoms. The minimum atomic E-state index is 0.554. The molecule has 0 aliphatic carbocycles. The zero-order valence-electron chi connectivity index (χ0n) is 17.0. The van der Waals surface area contributed by atoms with Gasteiger partial charge in [0.05, 0.1) is 0 Å². The zero-order chi connectivity index (χ0) is 20.1. The lowest BCUT2D eigenvalue weighted by Crippen LogP contribution is -2.45. The van der Waals surface area contributed by atoms with Crippen LogP contribution in [0.2, 0.25) is 0 Å². The molecule has 29 heavy (non-hydrogen) atoms. The van der Waals surface area contributed by atoms with Gasteiger partial charge in [-0.15, -0.1) is 0 Å². The Balaban J connectivity index is 1.58. The van der Waals surface area contributed by atoms with E-state index in [1.165, 1.54) is 5.56 Å². The molecule has 0 spiro atoms. The number of nitrogens with zero attached hydrogens (tertiary/aromatic N) is 6. The molecular weight excluding hydrogens is 362 g/mol. The van der Waals surface area contributed by atoms with Crippen LogP contribution in [-0.4, -0.2) is 58.1 Å². The van der Waals surface area contributed by atoms with E-state index in [2.05, 4.69) is 74.4 Å². The summed E-state index contributed by atoms with van der Waals surface area (Å²) in [5.41, 5.74) is 2.35. The van der Waals surface area contributed by atoms with Crippen LogP contribution in [0.25, 0.3) is 0 Å². The van der Waals surface area contributed by atoms with Gasteiger partial charge in [0.15, 0.2) is 0 Å². The Bertz CT molecular complexity index is 937. The molecule has 2 aromatic heterocycles. The van der Waals surface area contributed by atoms with E-state index in [-0.39, 0.29) is 0 Å². The number of pyridine rings is 1. The Morgan fingerprint density at radius 2 is 1.72 bits per heavy atom. The second-order valence-corrected chi connectivity index (χ2v) is 7.32. The number of aryl methyl sites for hydroxylation is 1. The quantitative estimate of drug-likeness (QED) is 0.695. The minimum Gasteiger partial charge on any atom is -0.338 e. The van der Waals surface area contributed by atoms with Gasteiger partial charge in [-0.1, -0.05) is 43.3 Å². The van der Waals surface area contributed by atoms with Crippen molar-refractivity contribution in [1.82, 2.24) is 24.8 Å². The van der Waals surface area contributed by atoms with Crippen LogP contribution in [0.5, 0.6) is 0 Å². The monoisotopic (exact) mass is 389 g/mol. The lowest BCUT2D eigenvalue weighted by molar-refractivity contribution is 0.311.